The van der Waals surface area contributed by atoms with Crippen LogP contribution in [-0.4, -0.2) is 42.3 Å². The Morgan fingerprint density at radius 1 is 1.39 bits per heavy atom. The van der Waals surface area contributed by atoms with E-state index in [1.54, 1.807) is 20.8 Å². The lowest BCUT2D eigenvalue weighted by molar-refractivity contribution is -0.143. The fourth-order valence-corrected chi connectivity index (χ4v) is 3.19. The predicted molar refractivity (Wildman–Crippen MR) is 82.6 cm³/mol. The zero-order valence-corrected chi connectivity index (χ0v) is 14.2. The van der Waals surface area contributed by atoms with Gasteiger partial charge in [-0.3, -0.25) is 4.79 Å². The monoisotopic (exact) mass is 326 g/mol. The van der Waals surface area contributed by atoms with Crippen LogP contribution in [0.15, 0.2) is 0 Å². The number of hydrogen-bond donors (Lipinski definition) is 2. The molecule has 2 rings (SSSR count). The summed E-state index contributed by atoms with van der Waals surface area (Å²) >= 11 is 0. The van der Waals surface area contributed by atoms with Crippen molar-refractivity contribution in [2.24, 2.45) is 5.92 Å². The molecule has 7 heteroatoms. The van der Waals surface area contributed by atoms with Gasteiger partial charge in [0.25, 0.3) is 0 Å². The lowest BCUT2D eigenvalue weighted by Crippen LogP contribution is -2.47. The average Bonchev–Trinajstić information content (AvgIpc) is 2.72. The normalized spacial score (nSPS) is 23.7. The van der Waals surface area contributed by atoms with E-state index in [-0.39, 0.29) is 23.8 Å². The molecular formula is C16H26N2O5. The van der Waals surface area contributed by atoms with Gasteiger partial charge >= 0.3 is 12.1 Å². The van der Waals surface area contributed by atoms with Crippen molar-refractivity contribution in [3.63, 3.8) is 0 Å². The molecule has 0 aromatic carbocycles. The van der Waals surface area contributed by atoms with Crippen molar-refractivity contribution in [1.82, 2.24) is 10.6 Å². The number of rotatable bonds is 4. The Hall–Kier alpha value is -1.79. The minimum Gasteiger partial charge on any atom is -0.467 e. The molecule has 1 aliphatic carbocycles. The molecule has 1 saturated heterocycles. The first-order chi connectivity index (χ1) is 10.6. The Morgan fingerprint density at radius 3 is 2.48 bits per heavy atom. The second-order valence-corrected chi connectivity index (χ2v) is 7.48. The Morgan fingerprint density at radius 2 is 2.04 bits per heavy atom. The van der Waals surface area contributed by atoms with Crippen LogP contribution in [0.25, 0.3) is 0 Å². The summed E-state index contributed by atoms with van der Waals surface area (Å²) in [5.74, 6) is -0.919. The van der Waals surface area contributed by atoms with E-state index in [1.807, 2.05) is 0 Å². The maximum absolute atomic E-state index is 12.1. The number of hydrogen-bond acceptors (Lipinski definition) is 5. The van der Waals surface area contributed by atoms with Crippen LogP contribution in [0.3, 0.4) is 0 Å². The van der Waals surface area contributed by atoms with Gasteiger partial charge in [-0.05, 0) is 52.9 Å². The van der Waals surface area contributed by atoms with Crippen LogP contribution in [0.1, 0.15) is 52.9 Å². The van der Waals surface area contributed by atoms with Gasteiger partial charge < -0.3 is 20.1 Å². The van der Waals surface area contributed by atoms with Crippen LogP contribution in [-0.2, 0) is 19.1 Å². The third kappa shape index (κ3) is 4.36. The van der Waals surface area contributed by atoms with Crippen molar-refractivity contribution < 1.29 is 23.9 Å². The fourth-order valence-electron chi connectivity index (χ4n) is 3.19. The largest absolute Gasteiger partial charge is 0.467 e. The van der Waals surface area contributed by atoms with E-state index < -0.39 is 23.7 Å². The topological polar surface area (TPSA) is 93.7 Å². The molecule has 130 valence electrons. The van der Waals surface area contributed by atoms with Crippen molar-refractivity contribution in [2.45, 2.75) is 70.1 Å². The highest BCUT2D eigenvalue weighted by Crippen LogP contribution is 2.42. The van der Waals surface area contributed by atoms with Crippen molar-refractivity contribution in [3.05, 3.63) is 0 Å². The molecule has 0 unspecified atom stereocenters. The minimum absolute atomic E-state index is 0.0513. The summed E-state index contributed by atoms with van der Waals surface area (Å²) in [5, 5.41) is 5.56. The second-order valence-electron chi connectivity index (χ2n) is 7.48. The number of carbonyl (C=O) groups excluding carboxylic acids is 3. The van der Waals surface area contributed by atoms with Gasteiger partial charge in [0.2, 0.25) is 5.91 Å². The Labute approximate surface area is 136 Å². The predicted octanol–water partition coefficient (Wildman–Crippen LogP) is 1.50. The Kier molecular flexibility index (Phi) is 4.87. The first-order valence-corrected chi connectivity index (χ1v) is 8.03. The van der Waals surface area contributed by atoms with E-state index in [0.29, 0.717) is 6.42 Å². The highest BCUT2D eigenvalue weighted by Gasteiger charge is 2.48. The van der Waals surface area contributed by atoms with Crippen molar-refractivity contribution in [3.8, 4) is 0 Å². The third-order valence-corrected chi connectivity index (χ3v) is 4.40. The smallest absolute Gasteiger partial charge is 0.408 e. The zero-order valence-electron chi connectivity index (χ0n) is 14.2. The quantitative estimate of drug-likeness (QED) is 0.764. The van der Waals surface area contributed by atoms with Crippen molar-refractivity contribution in [2.75, 3.05) is 7.11 Å². The zero-order chi connectivity index (χ0) is 17.3. The molecule has 2 aliphatic rings. The van der Waals surface area contributed by atoms with Crippen LogP contribution >= 0.6 is 0 Å². The number of ether oxygens (including phenoxy) is 2. The van der Waals surface area contributed by atoms with E-state index in [9.17, 15) is 14.4 Å². The standard InChI is InChI=1S/C16H26N2O5/c1-15(2,3)23-14(21)17-11(13(20)22-4)8-10-9-16(6-5-7-16)18-12(10)19/h10-11H,5-9H2,1-4H3,(H,17,21)(H,18,19)/t10-,11+/m1/s1. The molecule has 1 aliphatic heterocycles. The highest BCUT2D eigenvalue weighted by molar-refractivity contribution is 5.85. The van der Waals surface area contributed by atoms with E-state index in [0.717, 1.165) is 19.3 Å². The van der Waals surface area contributed by atoms with Crippen LogP contribution in [0, 0.1) is 5.92 Å². The molecule has 0 aromatic rings. The molecule has 0 bridgehead atoms. The number of methoxy groups -OCH3 is 1. The maximum Gasteiger partial charge on any atom is 0.408 e. The van der Waals surface area contributed by atoms with Gasteiger partial charge in [-0.25, -0.2) is 9.59 Å². The first-order valence-electron chi connectivity index (χ1n) is 8.03. The molecule has 7 nitrogen and oxygen atoms in total. The van der Waals surface area contributed by atoms with Gasteiger partial charge in [-0.15, -0.1) is 0 Å². The van der Waals surface area contributed by atoms with Gasteiger partial charge in [0, 0.05) is 11.5 Å². The number of alkyl carbamates (subject to hydrolysis) is 1. The van der Waals surface area contributed by atoms with Gasteiger partial charge in [0.1, 0.15) is 11.6 Å². The summed E-state index contributed by atoms with van der Waals surface area (Å²) < 4.78 is 9.91. The summed E-state index contributed by atoms with van der Waals surface area (Å²) in [7, 11) is 1.26. The number of esters is 1. The molecule has 2 fully saturated rings. The second kappa shape index (κ2) is 6.37. The minimum atomic E-state index is -0.888. The van der Waals surface area contributed by atoms with E-state index >= 15 is 0 Å². The summed E-state index contributed by atoms with van der Waals surface area (Å²) in [6.07, 6.45) is 3.32. The molecule has 1 saturated carbocycles. The molecule has 23 heavy (non-hydrogen) atoms. The summed E-state index contributed by atoms with van der Waals surface area (Å²) in [5.41, 5.74) is -0.750. The molecule has 2 N–H and O–H groups in total. The molecule has 0 aromatic heterocycles. The summed E-state index contributed by atoms with van der Waals surface area (Å²) in [6, 6.07) is -0.888. The maximum atomic E-state index is 12.1. The molecule has 1 heterocycles. The van der Waals surface area contributed by atoms with Gasteiger partial charge in [0.15, 0.2) is 0 Å². The average molecular weight is 326 g/mol. The molecule has 0 radical (unpaired) electrons. The Balaban J connectivity index is 1.97. The van der Waals surface area contributed by atoms with Crippen LogP contribution in [0.5, 0.6) is 0 Å². The van der Waals surface area contributed by atoms with Crippen LogP contribution in [0.2, 0.25) is 0 Å². The van der Waals surface area contributed by atoms with Gasteiger partial charge in [0.05, 0.1) is 7.11 Å². The summed E-state index contributed by atoms with van der Waals surface area (Å²) in [6.45, 7) is 5.22. The molecular weight excluding hydrogens is 300 g/mol. The third-order valence-electron chi connectivity index (χ3n) is 4.40. The molecule has 2 atom stereocenters. The lowest BCUT2D eigenvalue weighted by atomic mass is 9.74. The van der Waals surface area contributed by atoms with Crippen molar-refractivity contribution >= 4 is 18.0 Å². The van der Waals surface area contributed by atoms with Gasteiger partial charge in [-0.2, -0.15) is 0 Å². The number of nitrogens with one attached hydrogen (secondary N) is 2. The van der Waals surface area contributed by atoms with Gasteiger partial charge in [-0.1, -0.05) is 0 Å². The van der Waals surface area contributed by atoms with Crippen LogP contribution in [0.4, 0.5) is 4.79 Å². The van der Waals surface area contributed by atoms with E-state index in [1.165, 1.54) is 7.11 Å². The van der Waals surface area contributed by atoms with E-state index in [2.05, 4.69) is 10.6 Å². The number of amides is 2. The lowest BCUT2D eigenvalue weighted by Gasteiger charge is -2.38. The Bertz CT molecular complexity index is 493. The molecule has 1 spiro atoms. The van der Waals surface area contributed by atoms with Crippen LogP contribution < -0.4 is 10.6 Å². The fraction of sp³-hybridized carbons (Fsp3) is 0.812. The SMILES string of the molecule is COC(=O)[C@H](C[C@@H]1CC2(CCC2)NC1=O)NC(=O)OC(C)(C)C. The number of carbonyl (C=O) groups is 3. The van der Waals surface area contributed by atoms with E-state index in [4.69, 9.17) is 9.47 Å². The molecule has 2 amide bonds. The summed E-state index contributed by atoms with van der Waals surface area (Å²) in [4.78, 5) is 36.0. The first kappa shape index (κ1) is 17.6. The van der Waals surface area contributed by atoms with Crippen molar-refractivity contribution in [1.29, 1.82) is 0 Å². The highest BCUT2D eigenvalue weighted by atomic mass is 16.6.